The van der Waals surface area contributed by atoms with Crippen molar-refractivity contribution >= 4 is 23.0 Å². The minimum atomic E-state index is -1.04. The number of fused-ring (bicyclic) bond motifs is 1. The van der Waals surface area contributed by atoms with E-state index in [0.717, 1.165) is 25.4 Å². The highest BCUT2D eigenvalue weighted by molar-refractivity contribution is 8.13. The van der Waals surface area contributed by atoms with E-state index >= 15 is 0 Å². The van der Waals surface area contributed by atoms with Gasteiger partial charge in [-0.1, -0.05) is 11.8 Å². The third kappa shape index (κ3) is 2.19. The molecule has 0 aliphatic carbocycles. The normalized spacial score (nSPS) is 31.6. The third-order valence-electron chi connectivity index (χ3n) is 2.37. The lowest BCUT2D eigenvalue weighted by Crippen LogP contribution is -2.39. The van der Waals surface area contributed by atoms with Crippen LogP contribution < -0.4 is 5.32 Å². The first-order chi connectivity index (χ1) is 6.75. The number of rotatable bonds is 0. The van der Waals surface area contributed by atoms with Crippen LogP contribution in [0.15, 0.2) is 4.99 Å². The van der Waals surface area contributed by atoms with E-state index in [4.69, 9.17) is 9.84 Å². The molecule has 1 fully saturated rings. The zero-order chi connectivity index (χ0) is 9.97. The fraction of sp³-hybridized carbons (Fsp3) is 0.750. The summed E-state index contributed by atoms with van der Waals surface area (Å²) in [5.41, 5.74) is 0. The number of hydrogen-bond donors (Lipinski definition) is 2. The zero-order valence-electron chi connectivity index (χ0n) is 7.60. The van der Waals surface area contributed by atoms with Gasteiger partial charge in [-0.2, -0.15) is 0 Å². The van der Waals surface area contributed by atoms with Gasteiger partial charge in [0, 0.05) is 18.3 Å². The lowest BCUT2D eigenvalue weighted by atomic mass is 9.98. The Morgan fingerprint density at radius 1 is 1.71 bits per heavy atom. The number of nitrogens with one attached hydrogen (secondary N) is 1. The smallest absolute Gasteiger partial charge is 0.410 e. The molecule has 0 aromatic heterocycles. The predicted octanol–water partition coefficient (Wildman–Crippen LogP) is 0.762. The summed E-state index contributed by atoms with van der Waals surface area (Å²) in [5, 5.41) is 11.4. The molecule has 2 aliphatic rings. The van der Waals surface area contributed by atoms with Gasteiger partial charge in [0.15, 0.2) is 5.17 Å². The molecule has 0 aromatic carbocycles. The Hall–Kier alpha value is -0.750. The first kappa shape index (κ1) is 9.79. The molecular formula is C8H12N2O3S. The number of ether oxygens (including phenoxy) is 1. The summed E-state index contributed by atoms with van der Waals surface area (Å²) in [6.07, 6.45) is -0.141. The Morgan fingerprint density at radius 3 is 3.36 bits per heavy atom. The minimum absolute atomic E-state index is 0.242. The predicted molar refractivity (Wildman–Crippen MR) is 53.8 cm³/mol. The van der Waals surface area contributed by atoms with Gasteiger partial charge in [0.2, 0.25) is 0 Å². The fourth-order valence-corrected chi connectivity index (χ4v) is 2.71. The molecule has 78 valence electrons. The van der Waals surface area contributed by atoms with Crippen molar-refractivity contribution in [1.82, 2.24) is 5.32 Å². The molecule has 1 amide bonds. The lowest BCUT2D eigenvalue weighted by molar-refractivity contribution is 0.0509. The molecule has 1 saturated heterocycles. The van der Waals surface area contributed by atoms with E-state index in [1.807, 2.05) is 0 Å². The van der Waals surface area contributed by atoms with Crippen molar-refractivity contribution in [3.8, 4) is 0 Å². The van der Waals surface area contributed by atoms with Crippen molar-refractivity contribution in [1.29, 1.82) is 0 Å². The molecule has 2 N–H and O–H groups in total. The Morgan fingerprint density at radius 2 is 2.57 bits per heavy atom. The maximum absolute atomic E-state index is 10.4. The topological polar surface area (TPSA) is 70.9 Å². The van der Waals surface area contributed by atoms with Crippen molar-refractivity contribution in [3.63, 3.8) is 0 Å². The number of amides is 1. The first-order valence-electron chi connectivity index (χ1n) is 4.54. The van der Waals surface area contributed by atoms with Gasteiger partial charge in [-0.3, -0.25) is 10.3 Å². The highest BCUT2D eigenvalue weighted by Crippen LogP contribution is 2.27. The number of carbonyl (C=O) groups is 1. The fourth-order valence-electron chi connectivity index (χ4n) is 1.65. The summed E-state index contributed by atoms with van der Waals surface area (Å²) < 4.78 is 5.34. The molecule has 2 heterocycles. The summed E-state index contributed by atoms with van der Waals surface area (Å²) in [6, 6.07) is 0.242. The van der Waals surface area contributed by atoms with E-state index in [2.05, 4.69) is 10.3 Å². The molecule has 0 radical (unpaired) electrons. The average molecular weight is 216 g/mol. The summed E-state index contributed by atoms with van der Waals surface area (Å²) >= 11 is 1.46. The number of hydrogen-bond acceptors (Lipinski definition) is 4. The van der Waals surface area contributed by atoms with E-state index in [9.17, 15) is 4.79 Å². The van der Waals surface area contributed by atoms with Crippen LogP contribution in [0.4, 0.5) is 4.79 Å². The van der Waals surface area contributed by atoms with Crippen molar-refractivity contribution < 1.29 is 14.6 Å². The molecule has 5 nitrogen and oxygen atoms in total. The van der Waals surface area contributed by atoms with Crippen LogP contribution in [0.1, 0.15) is 6.42 Å². The maximum Gasteiger partial charge on any atom is 0.410 e. The number of carboxylic acid groups (broad SMARTS) is 1. The highest BCUT2D eigenvalue weighted by atomic mass is 32.2. The standard InChI is InChI=1S/C8H12N2O3S/c11-8(12)10-7-9-6-1-2-13-3-5(6)4-14-7/h5-6H,1-4H2,(H,9,10)(H,11,12). The highest BCUT2D eigenvalue weighted by Gasteiger charge is 2.30. The molecule has 2 rings (SSSR count). The van der Waals surface area contributed by atoms with Crippen LogP contribution in [0.5, 0.6) is 0 Å². The average Bonchev–Trinajstić information content (AvgIpc) is 2.17. The van der Waals surface area contributed by atoms with E-state index in [1.54, 1.807) is 0 Å². The van der Waals surface area contributed by atoms with E-state index in [-0.39, 0.29) is 6.04 Å². The van der Waals surface area contributed by atoms with Crippen molar-refractivity contribution in [2.24, 2.45) is 10.9 Å². The summed E-state index contributed by atoms with van der Waals surface area (Å²) in [6.45, 7) is 1.48. The SMILES string of the molecule is O=C(O)NC1=NC2CCOCC2CS1. The van der Waals surface area contributed by atoms with Gasteiger partial charge in [-0.25, -0.2) is 4.79 Å². The van der Waals surface area contributed by atoms with Crippen molar-refractivity contribution in [2.45, 2.75) is 12.5 Å². The van der Waals surface area contributed by atoms with Crippen LogP contribution in [0.2, 0.25) is 0 Å². The molecule has 2 aliphatic heterocycles. The molecule has 0 spiro atoms. The van der Waals surface area contributed by atoms with Gasteiger partial charge < -0.3 is 9.84 Å². The lowest BCUT2D eigenvalue weighted by Gasteiger charge is -2.32. The number of thioether (sulfide) groups is 1. The second-order valence-electron chi connectivity index (χ2n) is 3.37. The van der Waals surface area contributed by atoms with Crippen molar-refractivity contribution in [3.05, 3.63) is 0 Å². The number of aliphatic imine (C=N–C) groups is 1. The number of nitrogens with zero attached hydrogens (tertiary/aromatic N) is 1. The molecule has 0 bridgehead atoms. The molecule has 0 aromatic rings. The van der Waals surface area contributed by atoms with Gasteiger partial charge in [0.25, 0.3) is 0 Å². The maximum atomic E-state index is 10.4. The Bertz CT molecular complexity index is 269. The monoisotopic (exact) mass is 216 g/mol. The first-order valence-corrected chi connectivity index (χ1v) is 5.52. The zero-order valence-corrected chi connectivity index (χ0v) is 8.42. The molecule has 6 heteroatoms. The van der Waals surface area contributed by atoms with Crippen LogP contribution in [-0.4, -0.2) is 41.4 Å². The van der Waals surface area contributed by atoms with Crippen LogP contribution in [0, 0.1) is 5.92 Å². The van der Waals surface area contributed by atoms with Crippen molar-refractivity contribution in [2.75, 3.05) is 19.0 Å². The van der Waals surface area contributed by atoms with E-state index in [0.29, 0.717) is 11.1 Å². The van der Waals surface area contributed by atoms with Gasteiger partial charge in [-0.15, -0.1) is 0 Å². The van der Waals surface area contributed by atoms with Gasteiger partial charge >= 0.3 is 6.09 Å². The molecular weight excluding hydrogens is 204 g/mol. The van der Waals surface area contributed by atoms with Crippen LogP contribution in [0.25, 0.3) is 0 Å². The molecule has 0 saturated carbocycles. The largest absolute Gasteiger partial charge is 0.465 e. The van der Waals surface area contributed by atoms with E-state index in [1.165, 1.54) is 11.8 Å². The number of amidine groups is 1. The second-order valence-corrected chi connectivity index (χ2v) is 4.38. The molecule has 14 heavy (non-hydrogen) atoms. The van der Waals surface area contributed by atoms with Gasteiger partial charge in [-0.05, 0) is 6.42 Å². The van der Waals surface area contributed by atoms with Gasteiger partial charge in [0.1, 0.15) is 0 Å². The minimum Gasteiger partial charge on any atom is -0.465 e. The van der Waals surface area contributed by atoms with Crippen LogP contribution >= 0.6 is 11.8 Å². The quantitative estimate of drug-likeness (QED) is 0.627. The molecule has 2 atom stereocenters. The summed E-state index contributed by atoms with van der Waals surface area (Å²) in [7, 11) is 0. The van der Waals surface area contributed by atoms with Crippen LogP contribution in [-0.2, 0) is 4.74 Å². The molecule has 2 unspecified atom stereocenters. The second kappa shape index (κ2) is 4.18. The summed E-state index contributed by atoms with van der Waals surface area (Å²) in [5.74, 6) is 1.34. The Labute approximate surface area is 85.9 Å². The van der Waals surface area contributed by atoms with E-state index < -0.39 is 6.09 Å². The summed E-state index contributed by atoms with van der Waals surface area (Å²) in [4.78, 5) is 14.7. The Balaban J connectivity index is 2.00. The van der Waals surface area contributed by atoms with Gasteiger partial charge in [0.05, 0.1) is 12.6 Å². The van der Waals surface area contributed by atoms with Crippen LogP contribution in [0.3, 0.4) is 0 Å². The Kier molecular flexibility index (Phi) is 2.93. The third-order valence-corrected chi connectivity index (χ3v) is 3.44.